The molecule has 12 nitrogen and oxygen atoms in total. The Morgan fingerprint density at radius 3 is 2.18 bits per heavy atom. The number of nitrogens with one attached hydrogen (secondary N) is 1. The number of carbonyl (C=O) groups is 4. The smallest absolute Gasteiger partial charge is 0.335 e. The summed E-state index contributed by atoms with van der Waals surface area (Å²) in [6.45, 7) is 0. The number of hydrogen-bond donors (Lipinski definition) is 3. The predicted molar refractivity (Wildman–Crippen MR) is 132 cm³/mol. The number of rotatable bonds is 9. The van der Waals surface area contributed by atoms with Crippen molar-refractivity contribution in [1.82, 2.24) is 19.9 Å². The molecule has 0 atom stereocenters. The summed E-state index contributed by atoms with van der Waals surface area (Å²) in [5.41, 5.74) is 0.926. The first-order valence-corrected chi connectivity index (χ1v) is 11.1. The van der Waals surface area contributed by atoms with Gasteiger partial charge in [-0.3, -0.25) is 19.6 Å². The molecule has 0 spiro atoms. The van der Waals surface area contributed by atoms with Crippen molar-refractivity contribution in [2.45, 2.75) is 12.8 Å². The molecule has 0 saturated heterocycles. The van der Waals surface area contributed by atoms with E-state index in [0.29, 0.717) is 11.4 Å². The van der Waals surface area contributed by atoms with Crippen LogP contribution in [-0.4, -0.2) is 54.0 Å². The number of aromatic nitrogens is 4. The fourth-order valence-corrected chi connectivity index (χ4v) is 3.27. The van der Waals surface area contributed by atoms with Gasteiger partial charge in [0.05, 0.1) is 40.3 Å². The van der Waals surface area contributed by atoms with E-state index >= 15 is 0 Å². The van der Waals surface area contributed by atoms with Crippen LogP contribution in [0.25, 0.3) is 22.8 Å². The number of carbonyl (C=O) groups excluding carboxylic acids is 2. The highest BCUT2D eigenvalue weighted by Gasteiger charge is 2.16. The third-order valence-electron chi connectivity index (χ3n) is 5.04. The Balaban J connectivity index is 1.41. The molecule has 0 unspecified atom stereocenters. The fourth-order valence-electron chi connectivity index (χ4n) is 3.27. The van der Waals surface area contributed by atoms with Gasteiger partial charge in [0.25, 0.3) is 0 Å². The molecule has 0 aliphatic rings. The Kier molecular flexibility index (Phi) is 7.72. The van der Waals surface area contributed by atoms with Crippen LogP contribution in [0, 0.1) is 0 Å². The molecular weight excluding hydrogens is 494 g/mol. The molecular formula is C26H19N5O7. The Bertz CT molecular complexity index is 1530. The van der Waals surface area contributed by atoms with Crippen LogP contribution in [0.3, 0.4) is 0 Å². The number of pyridine rings is 4. The molecule has 3 N–H and O–H groups in total. The quantitative estimate of drug-likeness (QED) is 0.279. The largest absolute Gasteiger partial charge is 0.478 e. The summed E-state index contributed by atoms with van der Waals surface area (Å²) in [5.74, 6) is -3.90. The predicted octanol–water partition coefficient (Wildman–Crippen LogP) is 3.32. The Labute approximate surface area is 215 Å². The lowest BCUT2D eigenvalue weighted by atomic mass is 10.1. The highest BCUT2D eigenvalue weighted by atomic mass is 16.5. The number of carboxylic acids is 2. The molecule has 0 fully saturated rings. The van der Waals surface area contributed by atoms with Gasteiger partial charge in [-0.05, 0) is 42.5 Å². The van der Waals surface area contributed by atoms with Gasteiger partial charge in [-0.25, -0.2) is 19.6 Å². The number of carboxylic acid groups (broad SMARTS) is 2. The van der Waals surface area contributed by atoms with E-state index in [-0.39, 0.29) is 47.1 Å². The molecule has 0 aromatic carbocycles. The number of amides is 1. The third-order valence-corrected chi connectivity index (χ3v) is 5.04. The molecule has 0 radical (unpaired) electrons. The molecule has 4 aromatic heterocycles. The van der Waals surface area contributed by atoms with Crippen molar-refractivity contribution in [3.8, 4) is 28.7 Å². The Hall–Kier alpha value is -5.52. The summed E-state index contributed by atoms with van der Waals surface area (Å²) in [6.07, 6.45) is 2.30. The van der Waals surface area contributed by atoms with E-state index in [4.69, 9.17) is 4.74 Å². The van der Waals surface area contributed by atoms with Gasteiger partial charge < -0.3 is 20.3 Å². The van der Waals surface area contributed by atoms with E-state index in [9.17, 15) is 29.4 Å². The molecule has 190 valence electrons. The molecule has 38 heavy (non-hydrogen) atoms. The van der Waals surface area contributed by atoms with Crippen LogP contribution >= 0.6 is 0 Å². The van der Waals surface area contributed by atoms with E-state index in [2.05, 4.69) is 25.3 Å². The molecule has 4 heterocycles. The minimum atomic E-state index is -1.32. The first kappa shape index (κ1) is 25.6. The number of esters is 1. The number of ether oxygens (including phenoxy) is 1. The summed E-state index contributed by atoms with van der Waals surface area (Å²) >= 11 is 0. The van der Waals surface area contributed by atoms with Crippen LogP contribution in [-0.2, 0) is 9.59 Å². The molecule has 0 saturated carbocycles. The molecule has 1 amide bonds. The summed E-state index contributed by atoms with van der Waals surface area (Å²) in [5, 5.41) is 21.2. The topological polar surface area (TPSA) is 182 Å². The van der Waals surface area contributed by atoms with E-state index < -0.39 is 23.8 Å². The molecule has 0 aliphatic heterocycles. The molecule has 0 bridgehead atoms. The van der Waals surface area contributed by atoms with Crippen molar-refractivity contribution in [3.05, 3.63) is 84.2 Å². The first-order chi connectivity index (χ1) is 18.3. The lowest BCUT2D eigenvalue weighted by Crippen LogP contribution is -2.17. The third kappa shape index (κ3) is 6.57. The van der Waals surface area contributed by atoms with Crippen LogP contribution in [0.2, 0.25) is 0 Å². The monoisotopic (exact) mass is 513 g/mol. The van der Waals surface area contributed by atoms with Gasteiger partial charge in [-0.15, -0.1) is 0 Å². The zero-order valence-electron chi connectivity index (χ0n) is 19.6. The zero-order valence-corrected chi connectivity index (χ0v) is 19.6. The van der Waals surface area contributed by atoms with Crippen molar-refractivity contribution in [1.29, 1.82) is 0 Å². The van der Waals surface area contributed by atoms with Gasteiger partial charge in [0.15, 0.2) is 0 Å². The Morgan fingerprint density at radius 2 is 1.45 bits per heavy atom. The number of nitrogens with zero attached hydrogens (tertiary/aromatic N) is 4. The summed E-state index contributed by atoms with van der Waals surface area (Å²) in [7, 11) is 0. The molecule has 4 rings (SSSR count). The maximum atomic E-state index is 12.4. The van der Waals surface area contributed by atoms with Crippen LogP contribution in [0.15, 0.2) is 73.1 Å². The van der Waals surface area contributed by atoms with E-state index in [0.717, 1.165) is 6.07 Å². The fraction of sp³-hybridized carbons (Fsp3) is 0.0769. The average molecular weight is 513 g/mol. The summed E-state index contributed by atoms with van der Waals surface area (Å²) in [6, 6.07) is 15.1. The van der Waals surface area contributed by atoms with Crippen LogP contribution < -0.4 is 10.1 Å². The van der Waals surface area contributed by atoms with Gasteiger partial charge in [0.2, 0.25) is 11.8 Å². The number of anilines is 1. The molecule has 0 aliphatic carbocycles. The number of hydrogen-bond acceptors (Lipinski definition) is 9. The lowest BCUT2D eigenvalue weighted by molar-refractivity contribution is -0.136. The first-order valence-electron chi connectivity index (χ1n) is 11.1. The van der Waals surface area contributed by atoms with Crippen LogP contribution in [0.1, 0.15) is 33.6 Å². The van der Waals surface area contributed by atoms with Crippen molar-refractivity contribution in [2.24, 2.45) is 0 Å². The summed E-state index contributed by atoms with van der Waals surface area (Å²) in [4.78, 5) is 64.2. The molecule has 12 heteroatoms. The van der Waals surface area contributed by atoms with E-state index in [1.54, 1.807) is 36.5 Å². The van der Waals surface area contributed by atoms with Gasteiger partial charge >= 0.3 is 17.9 Å². The van der Waals surface area contributed by atoms with E-state index in [1.165, 1.54) is 24.4 Å². The van der Waals surface area contributed by atoms with Crippen LogP contribution in [0.4, 0.5) is 5.82 Å². The Morgan fingerprint density at radius 1 is 0.711 bits per heavy atom. The van der Waals surface area contributed by atoms with Gasteiger partial charge in [0, 0.05) is 24.9 Å². The van der Waals surface area contributed by atoms with Gasteiger partial charge in [0.1, 0.15) is 5.82 Å². The maximum Gasteiger partial charge on any atom is 0.335 e. The van der Waals surface area contributed by atoms with Crippen molar-refractivity contribution in [3.63, 3.8) is 0 Å². The lowest BCUT2D eigenvalue weighted by Gasteiger charge is -2.09. The SMILES string of the molecule is O=C(CCC(=O)Oc1cc(C(=O)O)cc(-c2cc(C(=O)O)ccn2)n1)Nc1cccc(-c2ccccn2)n1. The number of aromatic carboxylic acids is 2. The maximum absolute atomic E-state index is 12.4. The molecule has 4 aromatic rings. The van der Waals surface area contributed by atoms with Crippen molar-refractivity contribution < 1.29 is 34.1 Å². The average Bonchev–Trinajstić information content (AvgIpc) is 2.92. The highest BCUT2D eigenvalue weighted by Crippen LogP contribution is 2.22. The van der Waals surface area contributed by atoms with Crippen molar-refractivity contribution >= 4 is 29.6 Å². The second-order valence-corrected chi connectivity index (χ2v) is 7.76. The zero-order chi connectivity index (χ0) is 27.1. The minimum Gasteiger partial charge on any atom is -0.478 e. The normalized spacial score (nSPS) is 10.4. The van der Waals surface area contributed by atoms with Gasteiger partial charge in [-0.1, -0.05) is 12.1 Å². The van der Waals surface area contributed by atoms with Crippen LogP contribution in [0.5, 0.6) is 5.88 Å². The second kappa shape index (κ2) is 11.5. The van der Waals surface area contributed by atoms with Crippen molar-refractivity contribution in [2.75, 3.05) is 5.32 Å². The van der Waals surface area contributed by atoms with E-state index in [1.807, 2.05) is 6.07 Å². The second-order valence-electron chi connectivity index (χ2n) is 7.76. The standard InChI is InChI=1S/C26H19N5O7/c32-22(31-21-6-3-5-18(29-21)17-4-1-2-10-27-17)7-8-24(33)38-23-14-16(26(36)37)13-20(30-23)19-12-15(25(34)35)9-11-28-19/h1-6,9-14H,7-8H2,(H,34,35)(H,36,37)(H,29,31,32). The van der Waals surface area contributed by atoms with Gasteiger partial charge in [-0.2, -0.15) is 0 Å². The highest BCUT2D eigenvalue weighted by molar-refractivity contribution is 5.93. The minimum absolute atomic E-state index is 0.00703. The summed E-state index contributed by atoms with van der Waals surface area (Å²) < 4.78 is 5.16.